The fraction of sp³-hybridized carbons (Fsp3) is 0.667. The second kappa shape index (κ2) is 4.68. The second-order valence-corrected chi connectivity index (χ2v) is 3.48. The fourth-order valence-corrected chi connectivity index (χ4v) is 1.90. The molecule has 0 atom stereocenters. The minimum atomic E-state index is 0.874. The van der Waals surface area contributed by atoms with Crippen LogP contribution in [0.15, 0.2) is 5.16 Å². The van der Waals surface area contributed by atoms with E-state index in [1.165, 1.54) is 24.4 Å². The highest BCUT2D eigenvalue weighted by Gasteiger charge is 1.95. The molecular formula is C6H9N2S2. The molecule has 0 bridgehead atoms. The molecule has 55 valence electrons. The maximum absolute atomic E-state index is 4.03. The van der Waals surface area contributed by atoms with E-state index in [4.69, 9.17) is 0 Å². The predicted molar refractivity (Wildman–Crippen MR) is 44.4 cm³/mol. The van der Waals surface area contributed by atoms with Gasteiger partial charge in [-0.25, -0.2) is 4.98 Å². The summed E-state index contributed by atoms with van der Waals surface area (Å²) in [6.45, 7) is 2.18. The van der Waals surface area contributed by atoms with E-state index in [1.54, 1.807) is 11.8 Å². The normalized spacial score (nSPS) is 10.1. The van der Waals surface area contributed by atoms with Crippen LogP contribution < -0.4 is 0 Å². The van der Waals surface area contributed by atoms with E-state index in [2.05, 4.69) is 21.8 Å². The molecule has 0 saturated carbocycles. The van der Waals surface area contributed by atoms with Gasteiger partial charge in [0.15, 0.2) is 5.51 Å². The van der Waals surface area contributed by atoms with Crippen LogP contribution in [0.5, 0.6) is 0 Å². The van der Waals surface area contributed by atoms with Crippen LogP contribution in [0.4, 0.5) is 0 Å². The zero-order chi connectivity index (χ0) is 7.23. The minimum absolute atomic E-state index is 0.874. The molecule has 1 aromatic heterocycles. The van der Waals surface area contributed by atoms with Crippen molar-refractivity contribution in [2.75, 3.05) is 5.75 Å². The Balaban J connectivity index is 2.15. The summed E-state index contributed by atoms with van der Waals surface area (Å²) in [6.07, 6.45) is 2.48. The molecule has 10 heavy (non-hydrogen) atoms. The molecule has 0 amide bonds. The van der Waals surface area contributed by atoms with Crippen LogP contribution in [0.1, 0.15) is 19.8 Å². The third kappa shape index (κ3) is 2.66. The number of unbranched alkanes of at least 4 members (excludes halogenated alkanes) is 1. The van der Waals surface area contributed by atoms with Gasteiger partial charge in [-0.2, -0.15) is 4.37 Å². The Bertz CT molecular complexity index is 162. The van der Waals surface area contributed by atoms with Crippen molar-refractivity contribution in [1.29, 1.82) is 0 Å². The highest BCUT2D eigenvalue weighted by molar-refractivity contribution is 7.99. The van der Waals surface area contributed by atoms with E-state index in [0.717, 1.165) is 10.9 Å². The first kappa shape index (κ1) is 8.01. The lowest BCUT2D eigenvalue weighted by Gasteiger charge is -1.91. The Hall–Kier alpha value is -0.0900. The third-order valence-corrected chi connectivity index (χ3v) is 2.52. The molecule has 0 unspecified atom stereocenters. The van der Waals surface area contributed by atoms with Gasteiger partial charge in [-0.3, -0.25) is 0 Å². The van der Waals surface area contributed by atoms with E-state index < -0.39 is 0 Å². The first-order valence-corrected chi connectivity index (χ1v) is 5.02. The predicted octanol–water partition coefficient (Wildman–Crippen LogP) is 2.23. The van der Waals surface area contributed by atoms with Gasteiger partial charge in [0.25, 0.3) is 0 Å². The van der Waals surface area contributed by atoms with Crippen LogP contribution in [0.25, 0.3) is 0 Å². The highest BCUT2D eigenvalue weighted by Crippen LogP contribution is 2.14. The summed E-state index contributed by atoms with van der Waals surface area (Å²) >= 11 is 3.00. The second-order valence-electron chi connectivity index (χ2n) is 1.87. The van der Waals surface area contributed by atoms with Crippen LogP contribution in [0, 0.1) is 5.51 Å². The van der Waals surface area contributed by atoms with Crippen molar-refractivity contribution < 1.29 is 0 Å². The topological polar surface area (TPSA) is 25.8 Å². The molecule has 0 N–H and O–H groups in total. The molecule has 4 heteroatoms. The first-order chi connectivity index (χ1) is 4.93. The maximum Gasteiger partial charge on any atom is 0.200 e. The molecule has 0 fully saturated rings. The lowest BCUT2D eigenvalue weighted by atomic mass is 10.4. The zero-order valence-corrected chi connectivity index (χ0v) is 7.47. The summed E-state index contributed by atoms with van der Waals surface area (Å²) in [5.74, 6) is 1.13. The molecule has 2 nitrogen and oxygen atoms in total. The summed E-state index contributed by atoms with van der Waals surface area (Å²) < 4.78 is 4.03. The molecular weight excluding hydrogens is 164 g/mol. The molecule has 0 saturated heterocycles. The molecule has 0 spiro atoms. The van der Waals surface area contributed by atoms with Gasteiger partial charge in [-0.05, 0) is 18.0 Å². The Morgan fingerprint density at radius 3 is 3.20 bits per heavy atom. The number of hydrogen-bond donors (Lipinski definition) is 0. The Morgan fingerprint density at radius 1 is 1.70 bits per heavy atom. The quantitative estimate of drug-likeness (QED) is 0.516. The smallest absolute Gasteiger partial charge is 0.200 e. The summed E-state index contributed by atoms with van der Waals surface area (Å²) in [6, 6.07) is 0. The van der Waals surface area contributed by atoms with Gasteiger partial charge in [-0.1, -0.05) is 25.1 Å². The van der Waals surface area contributed by atoms with Gasteiger partial charge in [0.2, 0.25) is 5.16 Å². The van der Waals surface area contributed by atoms with Crippen LogP contribution >= 0.6 is 23.3 Å². The van der Waals surface area contributed by atoms with E-state index in [9.17, 15) is 0 Å². The van der Waals surface area contributed by atoms with Crippen LogP contribution in [0.2, 0.25) is 0 Å². The molecule has 0 aliphatic carbocycles. The van der Waals surface area contributed by atoms with Crippen LogP contribution in [-0.2, 0) is 0 Å². The number of thioether (sulfide) groups is 1. The number of rotatable bonds is 4. The van der Waals surface area contributed by atoms with E-state index in [-0.39, 0.29) is 0 Å². The van der Waals surface area contributed by atoms with Crippen molar-refractivity contribution >= 4 is 23.3 Å². The van der Waals surface area contributed by atoms with Crippen molar-refractivity contribution in [2.24, 2.45) is 0 Å². The van der Waals surface area contributed by atoms with E-state index in [1.807, 2.05) is 0 Å². The average molecular weight is 173 g/mol. The molecule has 0 aliphatic rings. The van der Waals surface area contributed by atoms with Crippen molar-refractivity contribution in [3.63, 3.8) is 0 Å². The standard InChI is InChI=1S/C6H9N2S2/c1-2-3-4-9-6-7-5-10-8-6/h2-4H2,1H3. The van der Waals surface area contributed by atoms with E-state index in [0.29, 0.717) is 0 Å². The van der Waals surface area contributed by atoms with Gasteiger partial charge < -0.3 is 0 Å². The zero-order valence-electron chi connectivity index (χ0n) is 5.83. The lowest BCUT2D eigenvalue weighted by molar-refractivity contribution is 0.893. The summed E-state index contributed by atoms with van der Waals surface area (Å²) in [5.41, 5.74) is 2.72. The van der Waals surface area contributed by atoms with Crippen molar-refractivity contribution in [1.82, 2.24) is 9.36 Å². The third-order valence-electron chi connectivity index (χ3n) is 1.03. The summed E-state index contributed by atoms with van der Waals surface area (Å²) in [7, 11) is 0. The SMILES string of the molecule is CCCCSc1n[c]sn1. The Morgan fingerprint density at radius 2 is 2.60 bits per heavy atom. The van der Waals surface area contributed by atoms with Crippen LogP contribution in [-0.4, -0.2) is 15.1 Å². The molecule has 1 radical (unpaired) electrons. The lowest BCUT2D eigenvalue weighted by Crippen LogP contribution is -1.78. The van der Waals surface area contributed by atoms with Gasteiger partial charge in [0.05, 0.1) is 0 Å². The highest BCUT2D eigenvalue weighted by atomic mass is 32.2. The Kier molecular flexibility index (Phi) is 3.75. The summed E-state index contributed by atoms with van der Waals surface area (Å²) in [5, 5.41) is 0.874. The molecule has 0 aromatic carbocycles. The first-order valence-electron chi connectivity index (χ1n) is 3.26. The largest absolute Gasteiger partial charge is 0.206 e. The Labute approximate surface area is 69.2 Å². The van der Waals surface area contributed by atoms with E-state index >= 15 is 0 Å². The molecule has 1 rings (SSSR count). The molecule has 1 heterocycles. The monoisotopic (exact) mass is 173 g/mol. The maximum atomic E-state index is 4.03. The van der Waals surface area contributed by atoms with Gasteiger partial charge in [0.1, 0.15) is 0 Å². The van der Waals surface area contributed by atoms with Gasteiger partial charge in [-0.15, -0.1) is 0 Å². The number of hydrogen-bond acceptors (Lipinski definition) is 4. The van der Waals surface area contributed by atoms with Crippen LogP contribution in [0.3, 0.4) is 0 Å². The van der Waals surface area contributed by atoms with Crippen molar-refractivity contribution in [2.45, 2.75) is 24.9 Å². The van der Waals surface area contributed by atoms with Gasteiger partial charge >= 0.3 is 0 Å². The average Bonchev–Trinajstić information content (AvgIpc) is 2.41. The van der Waals surface area contributed by atoms with Gasteiger partial charge in [0, 0.05) is 5.75 Å². The molecule has 0 aliphatic heterocycles. The van der Waals surface area contributed by atoms with Crippen molar-refractivity contribution in [3.8, 4) is 0 Å². The number of aromatic nitrogens is 2. The minimum Gasteiger partial charge on any atom is -0.206 e. The number of nitrogens with zero attached hydrogens (tertiary/aromatic N) is 2. The molecule has 1 aromatic rings. The summed E-state index contributed by atoms with van der Waals surface area (Å²) in [4.78, 5) is 3.93. The van der Waals surface area contributed by atoms with Crippen molar-refractivity contribution in [3.05, 3.63) is 5.51 Å². The fourth-order valence-electron chi connectivity index (χ4n) is 0.506.